The van der Waals surface area contributed by atoms with Crippen molar-refractivity contribution in [1.82, 2.24) is 0 Å². The first-order chi connectivity index (χ1) is 14.4. The van der Waals surface area contributed by atoms with E-state index >= 15 is 0 Å². The topological polar surface area (TPSA) is 58.6 Å². The largest absolute Gasteiger partial charge is 0.495 e. The lowest BCUT2D eigenvalue weighted by Gasteiger charge is -2.18. The zero-order valence-electron chi connectivity index (χ0n) is 16.7. The summed E-state index contributed by atoms with van der Waals surface area (Å²) in [6.45, 7) is 4.02. The Bertz CT molecular complexity index is 1190. The van der Waals surface area contributed by atoms with Crippen molar-refractivity contribution in [3.05, 3.63) is 80.6 Å². The Balaban J connectivity index is 1.83. The number of aryl methyl sites for hydroxylation is 2. The number of carbonyl (C=O) groups excluding carboxylic acids is 2. The average molecular weight is 439 g/mol. The second-order valence-electron chi connectivity index (χ2n) is 6.91. The lowest BCUT2D eigenvalue weighted by atomic mass is 10.1. The van der Waals surface area contributed by atoms with Gasteiger partial charge in [0.05, 0.1) is 18.4 Å². The van der Waals surface area contributed by atoms with Crippen molar-refractivity contribution in [3.8, 4) is 5.75 Å². The number of nitrogens with one attached hydrogen (secondary N) is 1. The molecule has 1 aromatic heterocycles. The number of ether oxygens (including phenoxy) is 1. The van der Waals surface area contributed by atoms with E-state index in [-0.39, 0.29) is 5.70 Å². The van der Waals surface area contributed by atoms with Gasteiger partial charge in [0, 0.05) is 15.6 Å². The number of hydrogen-bond donors (Lipinski definition) is 1. The van der Waals surface area contributed by atoms with Gasteiger partial charge in [0.2, 0.25) is 0 Å². The first kappa shape index (κ1) is 20.2. The van der Waals surface area contributed by atoms with Crippen LogP contribution in [0.1, 0.15) is 16.0 Å². The number of anilines is 2. The zero-order chi connectivity index (χ0) is 21.4. The number of carbonyl (C=O) groups is 2. The summed E-state index contributed by atoms with van der Waals surface area (Å²) in [6, 6.07) is 14.3. The third kappa shape index (κ3) is 3.49. The Kier molecular flexibility index (Phi) is 5.37. The summed E-state index contributed by atoms with van der Waals surface area (Å²) in [4.78, 5) is 28.7. The monoisotopic (exact) mass is 438 g/mol. The number of thiophene rings is 1. The minimum Gasteiger partial charge on any atom is -0.495 e. The Labute approximate surface area is 183 Å². The van der Waals surface area contributed by atoms with E-state index in [1.54, 1.807) is 18.2 Å². The van der Waals surface area contributed by atoms with Gasteiger partial charge in [-0.05, 0) is 66.8 Å². The molecule has 30 heavy (non-hydrogen) atoms. The Morgan fingerprint density at radius 1 is 1.00 bits per heavy atom. The van der Waals surface area contributed by atoms with E-state index in [0.29, 0.717) is 26.9 Å². The van der Waals surface area contributed by atoms with E-state index in [2.05, 4.69) is 5.32 Å². The van der Waals surface area contributed by atoms with Gasteiger partial charge in [-0.2, -0.15) is 0 Å². The first-order valence-electron chi connectivity index (χ1n) is 9.25. The van der Waals surface area contributed by atoms with E-state index in [0.717, 1.165) is 21.7 Å². The summed E-state index contributed by atoms with van der Waals surface area (Å²) in [5, 5.41) is 5.45. The van der Waals surface area contributed by atoms with Crippen molar-refractivity contribution in [3.63, 3.8) is 0 Å². The predicted octanol–water partition coefficient (Wildman–Crippen LogP) is 5.42. The Morgan fingerprint density at radius 2 is 1.80 bits per heavy atom. The minimum atomic E-state index is -0.456. The van der Waals surface area contributed by atoms with Crippen LogP contribution in [0.5, 0.6) is 5.75 Å². The number of amides is 2. The van der Waals surface area contributed by atoms with Gasteiger partial charge in [0.15, 0.2) is 0 Å². The molecule has 1 aliphatic rings. The van der Waals surface area contributed by atoms with Crippen LogP contribution < -0.4 is 15.0 Å². The highest BCUT2D eigenvalue weighted by Gasteiger charge is 2.42. The molecule has 4 rings (SSSR count). The average Bonchev–Trinajstić information content (AvgIpc) is 3.32. The molecule has 7 heteroatoms. The smallest absolute Gasteiger partial charge is 0.282 e. The van der Waals surface area contributed by atoms with Crippen molar-refractivity contribution < 1.29 is 14.3 Å². The van der Waals surface area contributed by atoms with E-state index in [4.69, 9.17) is 16.3 Å². The first-order valence-corrected chi connectivity index (χ1v) is 10.5. The minimum absolute atomic E-state index is 0.229. The van der Waals surface area contributed by atoms with Crippen LogP contribution in [-0.4, -0.2) is 18.9 Å². The maximum absolute atomic E-state index is 13.4. The quantitative estimate of drug-likeness (QED) is 0.540. The molecule has 2 amide bonds. The predicted molar refractivity (Wildman–Crippen MR) is 121 cm³/mol. The van der Waals surface area contributed by atoms with Gasteiger partial charge in [-0.15, -0.1) is 11.3 Å². The SMILES string of the molecule is COc1ccc(Cl)cc1N1C(=O)C(Nc2ccc(C)c(C)c2)=C(c2cccs2)C1=O. The van der Waals surface area contributed by atoms with E-state index < -0.39 is 11.8 Å². The second-order valence-corrected chi connectivity index (χ2v) is 8.30. The van der Waals surface area contributed by atoms with Crippen LogP contribution in [0.25, 0.3) is 5.57 Å². The molecule has 0 saturated heterocycles. The van der Waals surface area contributed by atoms with Crippen LogP contribution in [0.15, 0.2) is 59.6 Å². The highest BCUT2D eigenvalue weighted by atomic mass is 35.5. The molecular formula is C23H19ClN2O3S. The molecule has 2 heterocycles. The van der Waals surface area contributed by atoms with Crippen molar-refractivity contribution in [2.45, 2.75) is 13.8 Å². The van der Waals surface area contributed by atoms with Gasteiger partial charge in [0.1, 0.15) is 11.4 Å². The molecule has 2 aromatic carbocycles. The number of rotatable bonds is 5. The van der Waals surface area contributed by atoms with Gasteiger partial charge < -0.3 is 10.1 Å². The van der Waals surface area contributed by atoms with Gasteiger partial charge >= 0.3 is 0 Å². The maximum Gasteiger partial charge on any atom is 0.282 e. The van der Waals surface area contributed by atoms with Gasteiger partial charge in [-0.25, -0.2) is 4.90 Å². The van der Waals surface area contributed by atoms with Gasteiger partial charge in [-0.1, -0.05) is 23.7 Å². The fourth-order valence-electron chi connectivity index (χ4n) is 3.32. The molecule has 0 spiro atoms. The third-order valence-electron chi connectivity index (χ3n) is 5.01. The lowest BCUT2D eigenvalue weighted by molar-refractivity contribution is -0.120. The van der Waals surface area contributed by atoms with E-state index in [1.165, 1.54) is 18.4 Å². The van der Waals surface area contributed by atoms with Gasteiger partial charge in [0.25, 0.3) is 11.8 Å². The summed E-state index contributed by atoms with van der Waals surface area (Å²) in [6.07, 6.45) is 0. The summed E-state index contributed by atoms with van der Waals surface area (Å²) in [5.41, 5.74) is 3.84. The van der Waals surface area contributed by atoms with Crippen molar-refractivity contribution in [2.24, 2.45) is 0 Å². The molecule has 1 N–H and O–H groups in total. The number of methoxy groups -OCH3 is 1. The molecular weight excluding hydrogens is 420 g/mol. The van der Waals surface area contributed by atoms with Crippen LogP contribution in [0.3, 0.4) is 0 Å². The highest BCUT2D eigenvalue weighted by molar-refractivity contribution is 7.11. The summed E-state index contributed by atoms with van der Waals surface area (Å²) >= 11 is 7.55. The van der Waals surface area contributed by atoms with E-state index in [1.807, 2.05) is 49.6 Å². The Morgan fingerprint density at radius 3 is 2.47 bits per heavy atom. The van der Waals surface area contributed by atoms with Crippen LogP contribution in [0.2, 0.25) is 5.02 Å². The molecule has 5 nitrogen and oxygen atoms in total. The molecule has 0 unspecified atom stereocenters. The molecule has 0 saturated carbocycles. The maximum atomic E-state index is 13.4. The molecule has 1 aliphatic heterocycles. The van der Waals surface area contributed by atoms with Crippen LogP contribution in [0, 0.1) is 13.8 Å². The third-order valence-corrected chi connectivity index (χ3v) is 6.13. The molecule has 3 aromatic rings. The van der Waals surface area contributed by atoms with Crippen molar-refractivity contribution >= 4 is 51.7 Å². The molecule has 0 atom stereocenters. The van der Waals surface area contributed by atoms with Crippen molar-refractivity contribution in [2.75, 3.05) is 17.3 Å². The summed E-state index contributed by atoms with van der Waals surface area (Å²) < 4.78 is 5.38. The molecule has 0 bridgehead atoms. The standard InChI is InChI=1S/C23H19ClN2O3S/c1-13-6-8-16(11-14(13)2)25-21-20(19-5-4-10-30-19)22(27)26(23(21)28)17-12-15(24)7-9-18(17)29-3/h4-12,25H,1-3H3. The second kappa shape index (κ2) is 7.97. The molecule has 0 fully saturated rings. The number of imide groups is 1. The number of nitrogens with zero attached hydrogens (tertiary/aromatic N) is 1. The van der Waals surface area contributed by atoms with Crippen LogP contribution in [0.4, 0.5) is 11.4 Å². The van der Waals surface area contributed by atoms with Crippen molar-refractivity contribution in [1.29, 1.82) is 0 Å². The summed E-state index contributed by atoms with van der Waals surface area (Å²) in [7, 11) is 1.49. The van der Waals surface area contributed by atoms with Crippen LogP contribution in [-0.2, 0) is 9.59 Å². The van der Waals surface area contributed by atoms with E-state index in [9.17, 15) is 9.59 Å². The highest BCUT2D eigenvalue weighted by Crippen LogP contribution is 2.40. The molecule has 152 valence electrons. The zero-order valence-corrected chi connectivity index (χ0v) is 18.2. The fourth-order valence-corrected chi connectivity index (χ4v) is 4.25. The normalized spacial score (nSPS) is 13.9. The number of hydrogen-bond acceptors (Lipinski definition) is 5. The summed E-state index contributed by atoms with van der Waals surface area (Å²) in [5.74, 6) is -0.490. The fraction of sp³-hybridized carbons (Fsp3) is 0.130. The molecule has 0 radical (unpaired) electrons. The van der Waals surface area contributed by atoms with Gasteiger partial charge in [-0.3, -0.25) is 9.59 Å². The lowest BCUT2D eigenvalue weighted by Crippen LogP contribution is -2.32. The molecule has 0 aliphatic carbocycles. The number of halogens is 1. The van der Waals surface area contributed by atoms with Crippen LogP contribution >= 0.6 is 22.9 Å². The Hall–Kier alpha value is -3.09. The number of benzene rings is 2.